The number of anilines is 1. The molecule has 1 aromatic heterocycles. The van der Waals surface area contributed by atoms with E-state index < -0.39 is 5.82 Å². The highest BCUT2D eigenvalue weighted by molar-refractivity contribution is 5.81. The van der Waals surface area contributed by atoms with Gasteiger partial charge in [-0.05, 0) is 0 Å². The van der Waals surface area contributed by atoms with Crippen LogP contribution in [-0.2, 0) is 11.3 Å². The summed E-state index contributed by atoms with van der Waals surface area (Å²) in [6.45, 7) is 0.383. The first kappa shape index (κ1) is 14.1. The monoisotopic (exact) mass is 280 g/mol. The largest absolute Gasteiger partial charge is 0.494 e. The van der Waals surface area contributed by atoms with E-state index in [4.69, 9.17) is 10.5 Å². The van der Waals surface area contributed by atoms with Crippen molar-refractivity contribution in [2.24, 2.45) is 0 Å². The average molecular weight is 280 g/mol. The molecule has 7 heteroatoms. The van der Waals surface area contributed by atoms with Crippen molar-refractivity contribution in [3.63, 3.8) is 0 Å². The summed E-state index contributed by atoms with van der Waals surface area (Å²) in [6.07, 6.45) is 0.294. The summed E-state index contributed by atoms with van der Waals surface area (Å²) in [5.41, 5.74) is 6.91. The number of nitrogen functional groups attached to an aromatic ring is 1. The van der Waals surface area contributed by atoms with E-state index >= 15 is 0 Å². The molecule has 0 saturated heterocycles. The number of nitrogens with two attached hydrogens (primary N) is 1. The lowest BCUT2D eigenvalue weighted by atomic mass is 10.2. The third-order valence-corrected chi connectivity index (χ3v) is 3.10. The van der Waals surface area contributed by atoms with Gasteiger partial charge < -0.3 is 19.9 Å². The highest BCUT2D eigenvalue weighted by atomic mass is 19.1. The Morgan fingerprint density at radius 1 is 1.50 bits per heavy atom. The fourth-order valence-corrected chi connectivity index (χ4v) is 1.97. The fraction of sp³-hybridized carbons (Fsp3) is 0.385. The predicted molar refractivity (Wildman–Crippen MR) is 74.0 cm³/mol. The molecule has 2 aromatic rings. The number of methoxy groups -OCH3 is 1. The Kier molecular flexibility index (Phi) is 3.78. The van der Waals surface area contributed by atoms with E-state index in [2.05, 4.69) is 4.98 Å². The molecule has 0 spiro atoms. The minimum Gasteiger partial charge on any atom is -0.494 e. The lowest BCUT2D eigenvalue weighted by Crippen LogP contribution is -2.23. The summed E-state index contributed by atoms with van der Waals surface area (Å²) in [7, 11) is 4.77. The molecule has 0 bridgehead atoms. The van der Waals surface area contributed by atoms with Gasteiger partial charge in [-0.15, -0.1) is 0 Å². The molecular weight excluding hydrogens is 263 g/mol. The van der Waals surface area contributed by atoms with Crippen molar-refractivity contribution in [3.05, 3.63) is 17.9 Å². The van der Waals surface area contributed by atoms with Gasteiger partial charge in [-0.2, -0.15) is 0 Å². The third-order valence-electron chi connectivity index (χ3n) is 3.10. The lowest BCUT2D eigenvalue weighted by molar-refractivity contribution is -0.128. The molecule has 2 N–H and O–H groups in total. The van der Waals surface area contributed by atoms with Crippen LogP contribution in [0, 0.1) is 5.82 Å². The van der Waals surface area contributed by atoms with Crippen LogP contribution in [0.15, 0.2) is 12.1 Å². The predicted octanol–water partition coefficient (Wildman–Crippen LogP) is 1.24. The number of benzene rings is 1. The maximum atomic E-state index is 13.6. The van der Waals surface area contributed by atoms with Crippen LogP contribution in [0.2, 0.25) is 0 Å². The fourth-order valence-electron chi connectivity index (χ4n) is 1.97. The van der Waals surface area contributed by atoms with Gasteiger partial charge in [0, 0.05) is 39.2 Å². The number of carbonyl (C=O) groups is 1. The number of carbonyl (C=O) groups excluding carboxylic acids is 1. The molecule has 0 saturated carbocycles. The molecule has 6 nitrogen and oxygen atoms in total. The van der Waals surface area contributed by atoms with E-state index in [-0.39, 0.29) is 17.6 Å². The first-order valence-electron chi connectivity index (χ1n) is 6.13. The minimum absolute atomic E-state index is 0.0136. The average Bonchev–Trinajstić information content (AvgIpc) is 2.69. The third kappa shape index (κ3) is 2.52. The summed E-state index contributed by atoms with van der Waals surface area (Å²) >= 11 is 0. The molecule has 1 aromatic carbocycles. The SMILES string of the molecule is COc1cc2c(cc1F)nc(N)n2CCC(=O)N(C)C. The molecule has 0 aliphatic carbocycles. The van der Waals surface area contributed by atoms with Gasteiger partial charge in [0.15, 0.2) is 11.6 Å². The summed E-state index contributed by atoms with van der Waals surface area (Å²) in [5.74, 6) is -0.133. The Labute approximate surface area is 115 Å². The second-order valence-corrected chi connectivity index (χ2v) is 4.64. The van der Waals surface area contributed by atoms with Crippen LogP contribution in [0.4, 0.5) is 10.3 Å². The van der Waals surface area contributed by atoms with Gasteiger partial charge in [-0.3, -0.25) is 4.79 Å². The van der Waals surface area contributed by atoms with Crippen LogP contribution < -0.4 is 10.5 Å². The second kappa shape index (κ2) is 5.36. The molecule has 2 rings (SSSR count). The number of aryl methyl sites for hydroxylation is 1. The lowest BCUT2D eigenvalue weighted by Gasteiger charge is -2.11. The number of amides is 1. The maximum Gasteiger partial charge on any atom is 0.223 e. The van der Waals surface area contributed by atoms with Crippen molar-refractivity contribution in [2.45, 2.75) is 13.0 Å². The van der Waals surface area contributed by atoms with Crippen molar-refractivity contribution < 1.29 is 13.9 Å². The summed E-state index contributed by atoms with van der Waals surface area (Å²) < 4.78 is 20.2. The Balaban J connectivity index is 2.37. The number of fused-ring (bicyclic) bond motifs is 1. The van der Waals surface area contributed by atoms with Crippen LogP contribution in [0.5, 0.6) is 5.75 Å². The molecule has 0 aliphatic heterocycles. The van der Waals surface area contributed by atoms with Gasteiger partial charge in [-0.1, -0.05) is 0 Å². The highest BCUT2D eigenvalue weighted by Crippen LogP contribution is 2.26. The number of aromatic nitrogens is 2. The number of imidazole rings is 1. The topological polar surface area (TPSA) is 73.4 Å². The number of hydrogen-bond acceptors (Lipinski definition) is 4. The number of halogens is 1. The van der Waals surface area contributed by atoms with Crippen LogP contribution >= 0.6 is 0 Å². The molecule has 108 valence electrons. The number of hydrogen-bond donors (Lipinski definition) is 1. The molecule has 0 aliphatic rings. The van der Waals surface area contributed by atoms with Crippen LogP contribution in [0.3, 0.4) is 0 Å². The van der Waals surface area contributed by atoms with E-state index in [1.54, 1.807) is 18.7 Å². The molecule has 0 unspecified atom stereocenters. The van der Waals surface area contributed by atoms with Crippen LogP contribution in [0.1, 0.15) is 6.42 Å². The van der Waals surface area contributed by atoms with Crippen LogP contribution in [-0.4, -0.2) is 41.6 Å². The van der Waals surface area contributed by atoms with E-state index in [9.17, 15) is 9.18 Å². The Bertz CT molecular complexity index is 651. The van der Waals surface area contributed by atoms with Crippen molar-refractivity contribution in [1.82, 2.24) is 14.5 Å². The smallest absolute Gasteiger partial charge is 0.223 e. The zero-order valence-corrected chi connectivity index (χ0v) is 11.7. The molecule has 1 heterocycles. The Morgan fingerprint density at radius 3 is 2.80 bits per heavy atom. The number of ether oxygens (including phenoxy) is 1. The van der Waals surface area contributed by atoms with Crippen LogP contribution in [0.25, 0.3) is 11.0 Å². The van der Waals surface area contributed by atoms with Gasteiger partial charge in [0.2, 0.25) is 11.9 Å². The first-order valence-corrected chi connectivity index (χ1v) is 6.13. The van der Waals surface area contributed by atoms with Gasteiger partial charge in [0.25, 0.3) is 0 Å². The Hall–Kier alpha value is -2.31. The molecule has 0 fully saturated rings. The molecule has 0 radical (unpaired) electrons. The van der Waals surface area contributed by atoms with E-state index in [0.717, 1.165) is 0 Å². The Morgan fingerprint density at radius 2 is 2.20 bits per heavy atom. The van der Waals surface area contributed by atoms with Crippen molar-refractivity contribution >= 4 is 22.9 Å². The summed E-state index contributed by atoms with van der Waals surface area (Å²) in [6, 6.07) is 2.81. The molecule has 1 amide bonds. The molecule has 0 atom stereocenters. The minimum atomic E-state index is -0.492. The van der Waals surface area contributed by atoms with E-state index in [1.807, 2.05) is 0 Å². The maximum absolute atomic E-state index is 13.6. The molecular formula is C13H17FN4O2. The van der Waals surface area contributed by atoms with Gasteiger partial charge in [0.05, 0.1) is 18.1 Å². The van der Waals surface area contributed by atoms with Crippen molar-refractivity contribution in [2.75, 3.05) is 26.9 Å². The summed E-state index contributed by atoms with van der Waals surface area (Å²) in [5, 5.41) is 0. The standard InChI is InChI=1S/C13H17FN4O2/c1-17(2)12(19)4-5-18-10-7-11(20-3)8(14)6-9(10)16-13(18)15/h6-7H,4-5H2,1-3H3,(H2,15,16). The van der Waals surface area contributed by atoms with Gasteiger partial charge in [0.1, 0.15) is 0 Å². The molecule has 20 heavy (non-hydrogen) atoms. The zero-order valence-electron chi connectivity index (χ0n) is 11.7. The number of nitrogens with zero attached hydrogens (tertiary/aromatic N) is 3. The van der Waals surface area contributed by atoms with Crippen molar-refractivity contribution in [1.29, 1.82) is 0 Å². The quantitative estimate of drug-likeness (QED) is 0.914. The van der Waals surface area contributed by atoms with E-state index in [1.165, 1.54) is 24.1 Å². The highest BCUT2D eigenvalue weighted by Gasteiger charge is 2.14. The number of rotatable bonds is 4. The van der Waals surface area contributed by atoms with Crippen molar-refractivity contribution in [3.8, 4) is 5.75 Å². The van der Waals surface area contributed by atoms with E-state index in [0.29, 0.717) is 24.0 Å². The van der Waals surface area contributed by atoms with Gasteiger partial charge in [-0.25, -0.2) is 9.37 Å². The van der Waals surface area contributed by atoms with Gasteiger partial charge >= 0.3 is 0 Å². The first-order chi connectivity index (χ1) is 9.43. The second-order valence-electron chi connectivity index (χ2n) is 4.64. The summed E-state index contributed by atoms with van der Waals surface area (Å²) in [4.78, 5) is 17.2. The zero-order chi connectivity index (χ0) is 14.9. The normalized spacial score (nSPS) is 10.8.